The number of carbonyl (C=O) groups is 2. The molecule has 5 rings (SSSR count). The first-order chi connectivity index (χ1) is 16.6. The van der Waals surface area contributed by atoms with E-state index < -0.39 is 0 Å². The lowest BCUT2D eigenvalue weighted by Gasteiger charge is -2.14. The van der Waals surface area contributed by atoms with Gasteiger partial charge in [0.15, 0.2) is 0 Å². The van der Waals surface area contributed by atoms with Crippen LogP contribution in [0.25, 0.3) is 16.8 Å². The zero-order valence-electron chi connectivity index (χ0n) is 18.1. The maximum atomic E-state index is 13.0. The van der Waals surface area contributed by atoms with Crippen LogP contribution >= 0.6 is 23.4 Å². The van der Waals surface area contributed by atoms with Crippen LogP contribution in [-0.4, -0.2) is 16.0 Å². The first kappa shape index (κ1) is 22.3. The summed E-state index contributed by atoms with van der Waals surface area (Å²) in [4.78, 5) is 27.3. The molecule has 0 unspecified atom stereocenters. The van der Waals surface area contributed by atoms with E-state index in [9.17, 15) is 9.59 Å². The second-order valence-electron chi connectivity index (χ2n) is 7.87. The summed E-state index contributed by atoms with van der Waals surface area (Å²) < 4.78 is 5.82. The quantitative estimate of drug-likeness (QED) is 0.269. The van der Waals surface area contributed by atoms with Crippen molar-refractivity contribution in [1.82, 2.24) is 4.90 Å². The molecule has 0 saturated carbocycles. The fourth-order valence-electron chi connectivity index (χ4n) is 3.85. The molecule has 4 aromatic rings. The predicted octanol–water partition coefficient (Wildman–Crippen LogP) is 7.31. The maximum Gasteiger partial charge on any atom is 0.293 e. The number of nitrogens with zero attached hydrogens (tertiary/aromatic N) is 1. The summed E-state index contributed by atoms with van der Waals surface area (Å²) in [5, 5.41) is 2.27. The number of benzene rings is 4. The van der Waals surface area contributed by atoms with Gasteiger partial charge in [0.1, 0.15) is 12.4 Å². The standard InChI is InChI=1S/C28H20ClNO3S/c29-24-15-20(13-14-25(24)33-18-19-7-2-1-3-8-19)16-26-27(31)30(28(32)34-26)17-22-11-6-10-21-9-4-5-12-23(21)22/h1-16H,17-18H2/b26-16-. The van der Waals surface area contributed by atoms with Gasteiger partial charge in [-0.1, -0.05) is 90.5 Å². The van der Waals surface area contributed by atoms with E-state index in [1.165, 1.54) is 4.90 Å². The van der Waals surface area contributed by atoms with E-state index in [-0.39, 0.29) is 17.7 Å². The highest BCUT2D eigenvalue weighted by Crippen LogP contribution is 2.35. The van der Waals surface area contributed by atoms with Crippen molar-refractivity contribution < 1.29 is 14.3 Å². The first-order valence-electron chi connectivity index (χ1n) is 10.8. The number of ether oxygens (including phenoxy) is 1. The van der Waals surface area contributed by atoms with Gasteiger partial charge < -0.3 is 4.74 Å². The number of carbonyl (C=O) groups excluding carboxylic acids is 2. The van der Waals surface area contributed by atoms with E-state index in [1.54, 1.807) is 18.2 Å². The van der Waals surface area contributed by atoms with Crippen LogP contribution in [0.2, 0.25) is 5.02 Å². The van der Waals surface area contributed by atoms with Gasteiger partial charge in [-0.3, -0.25) is 14.5 Å². The highest BCUT2D eigenvalue weighted by Gasteiger charge is 2.35. The lowest BCUT2D eigenvalue weighted by atomic mass is 10.0. The van der Waals surface area contributed by atoms with Gasteiger partial charge in [0.05, 0.1) is 16.5 Å². The zero-order chi connectivity index (χ0) is 23.5. The van der Waals surface area contributed by atoms with Gasteiger partial charge in [-0.05, 0) is 57.4 Å². The minimum absolute atomic E-state index is 0.233. The van der Waals surface area contributed by atoms with E-state index in [1.807, 2.05) is 78.9 Å². The molecule has 0 N–H and O–H groups in total. The van der Waals surface area contributed by atoms with Crippen LogP contribution in [0.4, 0.5) is 4.79 Å². The molecule has 34 heavy (non-hydrogen) atoms. The molecule has 0 radical (unpaired) electrons. The van der Waals surface area contributed by atoms with Crippen LogP contribution in [0.5, 0.6) is 5.75 Å². The third-order valence-corrected chi connectivity index (χ3v) is 6.78. The topological polar surface area (TPSA) is 46.6 Å². The van der Waals surface area contributed by atoms with E-state index in [4.69, 9.17) is 16.3 Å². The lowest BCUT2D eigenvalue weighted by Crippen LogP contribution is -2.27. The van der Waals surface area contributed by atoms with Gasteiger partial charge in [-0.15, -0.1) is 0 Å². The molecule has 0 aromatic heterocycles. The van der Waals surface area contributed by atoms with Crippen molar-refractivity contribution in [3.63, 3.8) is 0 Å². The molecule has 1 saturated heterocycles. The third kappa shape index (κ3) is 4.72. The Morgan fingerprint density at radius 3 is 2.47 bits per heavy atom. The Kier molecular flexibility index (Phi) is 6.39. The summed E-state index contributed by atoms with van der Waals surface area (Å²) in [6.45, 7) is 0.642. The Labute approximate surface area is 206 Å². The van der Waals surface area contributed by atoms with Crippen molar-refractivity contribution in [3.05, 3.63) is 118 Å². The molecule has 2 amide bonds. The number of halogens is 1. The van der Waals surface area contributed by atoms with Crippen LogP contribution in [0.3, 0.4) is 0 Å². The summed E-state index contributed by atoms with van der Waals surface area (Å²) in [5.74, 6) is 0.259. The summed E-state index contributed by atoms with van der Waals surface area (Å²) in [6.07, 6.45) is 1.70. The monoisotopic (exact) mass is 485 g/mol. The number of hydrogen-bond acceptors (Lipinski definition) is 4. The minimum atomic E-state index is -0.302. The second kappa shape index (κ2) is 9.75. The summed E-state index contributed by atoms with van der Waals surface area (Å²) in [7, 11) is 0. The SMILES string of the molecule is O=C1S/C(=C\c2ccc(OCc3ccccc3)c(Cl)c2)C(=O)N1Cc1cccc2ccccc12. The number of thioether (sulfide) groups is 1. The number of hydrogen-bond donors (Lipinski definition) is 0. The average molecular weight is 486 g/mol. The molecule has 0 bridgehead atoms. The summed E-state index contributed by atoms with van der Waals surface area (Å²) in [6, 6.07) is 29.0. The number of amides is 2. The number of imide groups is 1. The van der Waals surface area contributed by atoms with Crippen molar-refractivity contribution in [2.24, 2.45) is 0 Å². The Morgan fingerprint density at radius 1 is 0.882 bits per heavy atom. The van der Waals surface area contributed by atoms with Crippen LogP contribution in [0, 0.1) is 0 Å². The predicted molar refractivity (Wildman–Crippen MR) is 138 cm³/mol. The van der Waals surface area contributed by atoms with Gasteiger partial charge in [-0.2, -0.15) is 0 Å². The summed E-state index contributed by atoms with van der Waals surface area (Å²) in [5.41, 5.74) is 2.71. The average Bonchev–Trinajstić information content (AvgIpc) is 3.11. The Morgan fingerprint density at radius 2 is 1.65 bits per heavy atom. The fourth-order valence-corrected chi connectivity index (χ4v) is 4.93. The van der Waals surface area contributed by atoms with Crippen molar-refractivity contribution in [1.29, 1.82) is 0 Å². The van der Waals surface area contributed by atoms with E-state index in [2.05, 4.69) is 0 Å². The second-order valence-corrected chi connectivity index (χ2v) is 9.27. The molecule has 1 heterocycles. The van der Waals surface area contributed by atoms with E-state index in [0.717, 1.165) is 39.2 Å². The molecule has 1 aliphatic rings. The molecular formula is C28H20ClNO3S. The van der Waals surface area contributed by atoms with Gasteiger partial charge >= 0.3 is 0 Å². The van der Waals surface area contributed by atoms with Gasteiger partial charge in [0, 0.05) is 0 Å². The lowest BCUT2D eigenvalue weighted by molar-refractivity contribution is -0.123. The van der Waals surface area contributed by atoms with Crippen molar-refractivity contribution >= 4 is 51.4 Å². The number of fused-ring (bicyclic) bond motifs is 1. The van der Waals surface area contributed by atoms with Crippen molar-refractivity contribution in [3.8, 4) is 5.75 Å². The zero-order valence-corrected chi connectivity index (χ0v) is 19.7. The molecule has 0 atom stereocenters. The van der Waals surface area contributed by atoms with Crippen molar-refractivity contribution in [2.45, 2.75) is 13.2 Å². The minimum Gasteiger partial charge on any atom is -0.487 e. The third-order valence-electron chi connectivity index (χ3n) is 5.57. The Bertz CT molecular complexity index is 1410. The molecule has 1 fully saturated rings. The van der Waals surface area contributed by atoms with E-state index >= 15 is 0 Å². The van der Waals surface area contributed by atoms with Gasteiger partial charge in [0.2, 0.25) is 0 Å². The molecular weight excluding hydrogens is 466 g/mol. The van der Waals surface area contributed by atoms with Crippen LogP contribution in [0.15, 0.2) is 95.9 Å². The molecule has 4 aromatic carbocycles. The highest BCUT2D eigenvalue weighted by atomic mass is 35.5. The molecule has 4 nitrogen and oxygen atoms in total. The van der Waals surface area contributed by atoms with Crippen molar-refractivity contribution in [2.75, 3.05) is 0 Å². The van der Waals surface area contributed by atoms with Crippen LogP contribution < -0.4 is 4.74 Å². The number of rotatable bonds is 6. The van der Waals surface area contributed by atoms with Crippen LogP contribution in [0.1, 0.15) is 16.7 Å². The molecule has 168 valence electrons. The smallest absolute Gasteiger partial charge is 0.293 e. The molecule has 6 heteroatoms. The largest absolute Gasteiger partial charge is 0.487 e. The Balaban J connectivity index is 1.32. The molecule has 0 aliphatic carbocycles. The highest BCUT2D eigenvalue weighted by molar-refractivity contribution is 8.18. The Hall–Kier alpha value is -3.54. The normalized spacial score (nSPS) is 14.9. The molecule has 1 aliphatic heterocycles. The molecule has 0 spiro atoms. The fraction of sp³-hybridized carbons (Fsp3) is 0.0714. The van der Waals surface area contributed by atoms with E-state index in [0.29, 0.717) is 22.3 Å². The van der Waals surface area contributed by atoms with Crippen LogP contribution in [-0.2, 0) is 17.9 Å². The van der Waals surface area contributed by atoms with Gasteiger partial charge in [0.25, 0.3) is 11.1 Å². The summed E-state index contributed by atoms with van der Waals surface area (Å²) >= 11 is 7.36. The maximum absolute atomic E-state index is 13.0. The van der Waals surface area contributed by atoms with Gasteiger partial charge in [-0.25, -0.2) is 0 Å². The first-order valence-corrected chi connectivity index (χ1v) is 12.0.